The van der Waals surface area contributed by atoms with Crippen LogP contribution >= 0.6 is 11.6 Å². The van der Waals surface area contributed by atoms with Crippen LogP contribution in [0.15, 0.2) is 65.5 Å². The molecule has 1 amide bonds. The van der Waals surface area contributed by atoms with E-state index in [0.29, 0.717) is 23.1 Å². The zero-order chi connectivity index (χ0) is 22.2. The highest BCUT2D eigenvalue weighted by molar-refractivity contribution is 6.32. The molecular formula is C23H24ClN3O4. The average molecular weight is 442 g/mol. The van der Waals surface area contributed by atoms with Crippen LogP contribution in [0.2, 0.25) is 5.02 Å². The van der Waals surface area contributed by atoms with Gasteiger partial charge in [0, 0.05) is 18.2 Å². The highest BCUT2D eigenvalue weighted by Gasteiger charge is 2.15. The number of hydrogen-bond acceptors (Lipinski definition) is 5. The molecule has 0 saturated carbocycles. The van der Waals surface area contributed by atoms with Crippen molar-refractivity contribution in [3.05, 3.63) is 76.0 Å². The Morgan fingerprint density at radius 2 is 1.87 bits per heavy atom. The number of halogens is 1. The van der Waals surface area contributed by atoms with Crippen molar-refractivity contribution in [2.45, 2.75) is 26.5 Å². The Kier molecular flexibility index (Phi) is 7.67. The molecule has 3 aromatic rings. The van der Waals surface area contributed by atoms with Crippen LogP contribution in [-0.2, 0) is 11.3 Å². The van der Waals surface area contributed by atoms with Gasteiger partial charge in [-0.25, -0.2) is 4.68 Å². The standard InChI is InChI=1S/C23H24ClN3O4/c1-3-30-18-10-8-17(9-11-18)20-12-13-22(28)27(26-20)15-14-25-23(29)16(2)31-21-7-5-4-6-19(21)24/h4-13,16H,3,14-15H2,1-2H3,(H,25,29). The lowest BCUT2D eigenvalue weighted by Gasteiger charge is -2.15. The maximum atomic E-state index is 12.3. The molecule has 0 radical (unpaired) electrons. The van der Waals surface area contributed by atoms with Gasteiger partial charge < -0.3 is 14.8 Å². The first-order valence-electron chi connectivity index (χ1n) is 9.98. The first-order valence-corrected chi connectivity index (χ1v) is 10.4. The van der Waals surface area contributed by atoms with Gasteiger partial charge in [0.15, 0.2) is 6.10 Å². The van der Waals surface area contributed by atoms with Crippen molar-refractivity contribution in [3.63, 3.8) is 0 Å². The molecule has 0 aliphatic rings. The van der Waals surface area contributed by atoms with Gasteiger partial charge in [0.05, 0.1) is 23.9 Å². The van der Waals surface area contributed by atoms with Crippen LogP contribution in [0.25, 0.3) is 11.3 Å². The highest BCUT2D eigenvalue weighted by atomic mass is 35.5. The minimum absolute atomic E-state index is 0.230. The second kappa shape index (κ2) is 10.6. The first kappa shape index (κ1) is 22.4. The van der Waals surface area contributed by atoms with Gasteiger partial charge in [0.25, 0.3) is 11.5 Å². The van der Waals surface area contributed by atoms with E-state index in [1.165, 1.54) is 10.7 Å². The fraction of sp³-hybridized carbons (Fsp3) is 0.261. The second-order valence-electron chi connectivity index (χ2n) is 6.72. The summed E-state index contributed by atoms with van der Waals surface area (Å²) < 4.78 is 12.4. The number of hydrogen-bond donors (Lipinski definition) is 1. The van der Waals surface area contributed by atoms with E-state index >= 15 is 0 Å². The zero-order valence-corrected chi connectivity index (χ0v) is 18.1. The van der Waals surface area contributed by atoms with Gasteiger partial charge in [-0.2, -0.15) is 5.10 Å². The number of carbonyl (C=O) groups excluding carboxylic acids is 1. The monoisotopic (exact) mass is 441 g/mol. The highest BCUT2D eigenvalue weighted by Crippen LogP contribution is 2.24. The summed E-state index contributed by atoms with van der Waals surface area (Å²) in [6.45, 7) is 4.61. The molecule has 3 rings (SSSR count). The summed E-state index contributed by atoms with van der Waals surface area (Å²) in [5.74, 6) is 0.902. The lowest BCUT2D eigenvalue weighted by Crippen LogP contribution is -2.39. The fourth-order valence-electron chi connectivity index (χ4n) is 2.86. The van der Waals surface area contributed by atoms with E-state index in [4.69, 9.17) is 21.1 Å². The molecule has 1 heterocycles. The van der Waals surface area contributed by atoms with Gasteiger partial charge in [0.1, 0.15) is 11.5 Å². The maximum absolute atomic E-state index is 12.3. The molecule has 0 aliphatic heterocycles. The van der Waals surface area contributed by atoms with Gasteiger partial charge in [-0.15, -0.1) is 0 Å². The molecule has 31 heavy (non-hydrogen) atoms. The molecule has 1 atom stereocenters. The predicted molar refractivity (Wildman–Crippen MR) is 120 cm³/mol. The van der Waals surface area contributed by atoms with E-state index in [1.807, 2.05) is 31.2 Å². The van der Waals surface area contributed by atoms with Crippen LogP contribution in [0, 0.1) is 0 Å². The molecule has 0 bridgehead atoms. The molecule has 1 N–H and O–H groups in total. The number of rotatable bonds is 9. The molecule has 0 saturated heterocycles. The Bertz CT molecular complexity index is 1080. The Hall–Kier alpha value is -3.32. The third kappa shape index (κ3) is 6.08. The normalized spacial score (nSPS) is 11.6. The molecule has 1 aromatic heterocycles. The van der Waals surface area contributed by atoms with Crippen molar-refractivity contribution < 1.29 is 14.3 Å². The summed E-state index contributed by atoms with van der Waals surface area (Å²) in [6.07, 6.45) is -0.736. The molecule has 162 valence electrons. The number of benzene rings is 2. The number of para-hydroxylation sites is 1. The molecule has 0 spiro atoms. The topological polar surface area (TPSA) is 82.5 Å². The summed E-state index contributed by atoms with van der Waals surface area (Å²) in [4.78, 5) is 24.5. The number of carbonyl (C=O) groups is 1. The van der Waals surface area contributed by atoms with E-state index in [1.54, 1.807) is 37.3 Å². The number of aromatic nitrogens is 2. The van der Waals surface area contributed by atoms with E-state index in [9.17, 15) is 9.59 Å². The summed E-state index contributed by atoms with van der Waals surface area (Å²) in [7, 11) is 0. The second-order valence-corrected chi connectivity index (χ2v) is 7.13. The number of nitrogens with zero attached hydrogens (tertiary/aromatic N) is 2. The van der Waals surface area contributed by atoms with Crippen molar-refractivity contribution in [1.82, 2.24) is 15.1 Å². The third-order valence-electron chi connectivity index (χ3n) is 4.46. The van der Waals surface area contributed by atoms with Crippen LogP contribution in [0.4, 0.5) is 0 Å². The summed E-state index contributed by atoms with van der Waals surface area (Å²) in [5.41, 5.74) is 1.27. The van der Waals surface area contributed by atoms with Crippen LogP contribution < -0.4 is 20.3 Å². The average Bonchev–Trinajstić information content (AvgIpc) is 2.77. The zero-order valence-electron chi connectivity index (χ0n) is 17.4. The van der Waals surface area contributed by atoms with Gasteiger partial charge in [0.2, 0.25) is 0 Å². The minimum atomic E-state index is -0.736. The molecule has 1 unspecified atom stereocenters. The molecule has 2 aromatic carbocycles. The lowest BCUT2D eigenvalue weighted by molar-refractivity contribution is -0.127. The molecule has 0 aliphatic carbocycles. The van der Waals surface area contributed by atoms with Gasteiger partial charge in [-0.1, -0.05) is 23.7 Å². The van der Waals surface area contributed by atoms with Crippen LogP contribution in [0.1, 0.15) is 13.8 Å². The first-order chi connectivity index (χ1) is 15.0. The largest absolute Gasteiger partial charge is 0.494 e. The summed E-state index contributed by atoms with van der Waals surface area (Å²) >= 11 is 6.05. The SMILES string of the molecule is CCOc1ccc(-c2ccc(=O)n(CCNC(=O)C(C)Oc3ccccc3Cl)n2)cc1. The molecule has 8 heteroatoms. The maximum Gasteiger partial charge on any atom is 0.266 e. The van der Waals surface area contributed by atoms with E-state index in [-0.39, 0.29) is 24.6 Å². The lowest BCUT2D eigenvalue weighted by atomic mass is 10.1. The Labute approximate surface area is 185 Å². The van der Waals surface area contributed by atoms with Crippen LogP contribution in [0.5, 0.6) is 11.5 Å². The number of amides is 1. The van der Waals surface area contributed by atoms with E-state index < -0.39 is 6.10 Å². The van der Waals surface area contributed by atoms with Gasteiger partial charge in [-0.05, 0) is 56.3 Å². The molecule has 7 nitrogen and oxygen atoms in total. The summed E-state index contributed by atoms with van der Waals surface area (Å²) in [5, 5.41) is 7.59. The minimum Gasteiger partial charge on any atom is -0.494 e. The van der Waals surface area contributed by atoms with Gasteiger partial charge in [-0.3, -0.25) is 9.59 Å². The Balaban J connectivity index is 1.58. The van der Waals surface area contributed by atoms with E-state index in [2.05, 4.69) is 10.4 Å². The van der Waals surface area contributed by atoms with Crippen molar-refractivity contribution in [1.29, 1.82) is 0 Å². The van der Waals surface area contributed by atoms with Crippen LogP contribution in [-0.4, -0.2) is 34.9 Å². The quantitative estimate of drug-likeness (QED) is 0.549. The smallest absolute Gasteiger partial charge is 0.266 e. The third-order valence-corrected chi connectivity index (χ3v) is 4.77. The number of nitrogens with one attached hydrogen (secondary N) is 1. The van der Waals surface area contributed by atoms with E-state index in [0.717, 1.165) is 11.3 Å². The Morgan fingerprint density at radius 1 is 1.13 bits per heavy atom. The van der Waals surface area contributed by atoms with Gasteiger partial charge >= 0.3 is 0 Å². The van der Waals surface area contributed by atoms with Crippen molar-refractivity contribution in [3.8, 4) is 22.8 Å². The predicted octanol–water partition coefficient (Wildman–Crippen LogP) is 3.55. The number of ether oxygens (including phenoxy) is 2. The van der Waals surface area contributed by atoms with Crippen molar-refractivity contribution in [2.75, 3.05) is 13.2 Å². The summed E-state index contributed by atoms with van der Waals surface area (Å²) in [6, 6.07) is 17.6. The molecular weight excluding hydrogens is 418 g/mol. The Morgan fingerprint density at radius 3 is 2.58 bits per heavy atom. The van der Waals surface area contributed by atoms with Crippen molar-refractivity contribution in [2.24, 2.45) is 0 Å². The fourth-order valence-corrected chi connectivity index (χ4v) is 3.04. The van der Waals surface area contributed by atoms with Crippen molar-refractivity contribution >= 4 is 17.5 Å². The van der Waals surface area contributed by atoms with Crippen LogP contribution in [0.3, 0.4) is 0 Å². The molecule has 0 fully saturated rings.